The number of hydrogen-bond donors (Lipinski definition) is 2. The molecule has 0 bridgehead atoms. The van der Waals surface area contributed by atoms with Crippen LogP contribution < -0.4 is 5.32 Å². The van der Waals surface area contributed by atoms with Crippen molar-refractivity contribution in [2.75, 3.05) is 39.4 Å². The first-order valence-corrected chi connectivity index (χ1v) is 8.52. The molecule has 0 radical (unpaired) electrons. The summed E-state index contributed by atoms with van der Waals surface area (Å²) in [5.74, 6) is 0. The van der Waals surface area contributed by atoms with Gasteiger partial charge < -0.3 is 15.0 Å². The van der Waals surface area contributed by atoms with E-state index in [1.807, 2.05) is 12.1 Å². The van der Waals surface area contributed by atoms with Gasteiger partial charge in [0, 0.05) is 47.3 Å². The number of nitrogens with zero attached hydrogens (tertiary/aromatic N) is 1. The van der Waals surface area contributed by atoms with Gasteiger partial charge in [0.25, 0.3) is 0 Å². The fourth-order valence-corrected chi connectivity index (χ4v) is 3.84. The van der Waals surface area contributed by atoms with Crippen molar-refractivity contribution in [3.63, 3.8) is 0 Å². The summed E-state index contributed by atoms with van der Waals surface area (Å²) < 4.78 is 5.42. The fourth-order valence-electron chi connectivity index (χ4n) is 3.67. The van der Waals surface area contributed by atoms with Crippen molar-refractivity contribution in [1.29, 1.82) is 0 Å². The van der Waals surface area contributed by atoms with Crippen LogP contribution in [0.4, 0.5) is 0 Å². The second kappa shape index (κ2) is 6.20. The molecule has 1 saturated heterocycles. The van der Waals surface area contributed by atoms with Gasteiger partial charge in [0.2, 0.25) is 0 Å². The van der Waals surface area contributed by atoms with Gasteiger partial charge in [0.15, 0.2) is 0 Å². The molecule has 0 amide bonds. The maximum atomic E-state index is 6.13. The van der Waals surface area contributed by atoms with Crippen molar-refractivity contribution < 1.29 is 4.74 Å². The molecule has 2 N–H and O–H groups in total. The van der Waals surface area contributed by atoms with Crippen LogP contribution >= 0.6 is 11.6 Å². The number of morpholine rings is 1. The van der Waals surface area contributed by atoms with Crippen molar-refractivity contribution in [3.8, 4) is 0 Å². The Bertz CT molecular complexity index is 663. The number of nitrogens with one attached hydrogen (secondary N) is 2. The van der Waals surface area contributed by atoms with Crippen LogP contribution in [0.15, 0.2) is 18.2 Å². The zero-order valence-electron chi connectivity index (χ0n) is 12.7. The van der Waals surface area contributed by atoms with Crippen LogP contribution in [0, 0.1) is 0 Å². The average Bonchev–Trinajstić information content (AvgIpc) is 2.92. The smallest absolute Gasteiger partial charge is 0.0594 e. The Kier molecular flexibility index (Phi) is 4.09. The minimum atomic E-state index is 0.415. The second-order valence-electron chi connectivity index (χ2n) is 6.21. The molecule has 4 rings (SSSR count). The van der Waals surface area contributed by atoms with Crippen LogP contribution in [-0.2, 0) is 11.2 Å². The quantitative estimate of drug-likeness (QED) is 0.914. The van der Waals surface area contributed by atoms with Crippen molar-refractivity contribution in [2.24, 2.45) is 0 Å². The number of H-pyrrole nitrogens is 1. The molecular formula is C17H22ClN3O. The normalized spacial score (nSPS) is 22.9. The first-order chi connectivity index (χ1) is 10.8. The van der Waals surface area contributed by atoms with E-state index in [1.54, 1.807) is 0 Å². The number of aromatic amines is 1. The number of hydrogen-bond acceptors (Lipinski definition) is 3. The lowest BCUT2D eigenvalue weighted by Crippen LogP contribution is -2.39. The maximum Gasteiger partial charge on any atom is 0.0594 e. The van der Waals surface area contributed by atoms with Crippen molar-refractivity contribution in [1.82, 2.24) is 15.2 Å². The molecule has 118 valence electrons. The molecule has 4 nitrogen and oxygen atoms in total. The van der Waals surface area contributed by atoms with Crippen LogP contribution in [0.5, 0.6) is 0 Å². The Morgan fingerprint density at radius 2 is 2.14 bits per heavy atom. The number of rotatable bonds is 3. The van der Waals surface area contributed by atoms with E-state index in [0.717, 1.165) is 62.8 Å². The topological polar surface area (TPSA) is 40.3 Å². The lowest BCUT2D eigenvalue weighted by atomic mass is 9.97. The highest BCUT2D eigenvalue weighted by atomic mass is 35.5. The van der Waals surface area contributed by atoms with Crippen molar-refractivity contribution >= 4 is 22.5 Å². The van der Waals surface area contributed by atoms with Gasteiger partial charge in [-0.05, 0) is 37.1 Å². The molecule has 0 aliphatic carbocycles. The highest BCUT2D eigenvalue weighted by Crippen LogP contribution is 2.32. The Hall–Kier alpha value is -1.07. The molecule has 3 heterocycles. The molecule has 22 heavy (non-hydrogen) atoms. The molecule has 0 unspecified atom stereocenters. The molecule has 1 fully saturated rings. The highest BCUT2D eigenvalue weighted by molar-refractivity contribution is 6.31. The summed E-state index contributed by atoms with van der Waals surface area (Å²) in [7, 11) is 0. The zero-order chi connectivity index (χ0) is 14.9. The monoisotopic (exact) mass is 319 g/mol. The van der Waals surface area contributed by atoms with E-state index in [0.29, 0.717) is 6.04 Å². The highest BCUT2D eigenvalue weighted by Gasteiger charge is 2.24. The van der Waals surface area contributed by atoms with Gasteiger partial charge in [-0.1, -0.05) is 17.7 Å². The first kappa shape index (κ1) is 14.5. The van der Waals surface area contributed by atoms with E-state index >= 15 is 0 Å². The Labute approximate surface area is 135 Å². The summed E-state index contributed by atoms with van der Waals surface area (Å²) in [6.45, 7) is 6.03. The van der Waals surface area contributed by atoms with Crippen LogP contribution in [0.3, 0.4) is 0 Å². The van der Waals surface area contributed by atoms with Crippen LogP contribution in [-0.4, -0.2) is 49.3 Å². The zero-order valence-corrected chi connectivity index (χ0v) is 13.5. The van der Waals surface area contributed by atoms with E-state index in [2.05, 4.69) is 21.3 Å². The lowest BCUT2D eigenvalue weighted by molar-refractivity contribution is 0.0360. The third kappa shape index (κ3) is 2.76. The fraction of sp³-hybridized carbons (Fsp3) is 0.529. The third-order valence-electron chi connectivity index (χ3n) is 4.85. The minimum absolute atomic E-state index is 0.415. The van der Waals surface area contributed by atoms with Gasteiger partial charge in [-0.15, -0.1) is 0 Å². The summed E-state index contributed by atoms with van der Waals surface area (Å²) in [6, 6.07) is 6.59. The number of ether oxygens (including phenoxy) is 1. The molecule has 2 aromatic rings. The van der Waals surface area contributed by atoms with Crippen LogP contribution in [0.2, 0.25) is 5.02 Å². The average molecular weight is 320 g/mol. The van der Waals surface area contributed by atoms with Gasteiger partial charge in [0.05, 0.1) is 13.2 Å². The first-order valence-electron chi connectivity index (χ1n) is 8.15. The predicted molar refractivity (Wildman–Crippen MR) is 89.6 cm³/mol. The van der Waals surface area contributed by atoms with Gasteiger partial charge in [-0.2, -0.15) is 0 Å². The number of aromatic nitrogens is 1. The molecule has 5 heteroatoms. The van der Waals surface area contributed by atoms with E-state index in [1.165, 1.54) is 16.6 Å². The summed E-state index contributed by atoms with van der Waals surface area (Å²) >= 11 is 6.13. The second-order valence-corrected chi connectivity index (χ2v) is 6.64. The minimum Gasteiger partial charge on any atom is -0.379 e. The Balaban J connectivity index is 1.54. The molecule has 2 aliphatic rings. The van der Waals surface area contributed by atoms with Crippen LogP contribution in [0.25, 0.3) is 10.9 Å². The molecule has 2 aliphatic heterocycles. The van der Waals surface area contributed by atoms with E-state index in [9.17, 15) is 0 Å². The standard InChI is InChI=1S/C17H22ClN3O/c18-12-1-2-13-14-3-5-19-15(17(14)20-16(13)11-12)4-6-21-7-9-22-10-8-21/h1-2,11,15,19-20H,3-10H2/t15-/m1/s1. The molecule has 1 atom stereocenters. The van der Waals surface area contributed by atoms with Gasteiger partial charge in [-0.25, -0.2) is 0 Å². The largest absolute Gasteiger partial charge is 0.379 e. The predicted octanol–water partition coefficient (Wildman–Crippen LogP) is 2.73. The van der Waals surface area contributed by atoms with Crippen molar-refractivity contribution in [3.05, 3.63) is 34.5 Å². The molecule has 1 aromatic heterocycles. The third-order valence-corrected chi connectivity index (χ3v) is 5.09. The van der Waals surface area contributed by atoms with E-state index in [-0.39, 0.29) is 0 Å². The van der Waals surface area contributed by atoms with Crippen molar-refractivity contribution in [2.45, 2.75) is 18.9 Å². The lowest BCUT2D eigenvalue weighted by Gasteiger charge is -2.30. The summed E-state index contributed by atoms with van der Waals surface area (Å²) in [4.78, 5) is 6.10. The summed E-state index contributed by atoms with van der Waals surface area (Å²) in [5.41, 5.74) is 3.99. The Morgan fingerprint density at radius 3 is 3.00 bits per heavy atom. The van der Waals surface area contributed by atoms with E-state index in [4.69, 9.17) is 16.3 Å². The SMILES string of the molecule is Clc1ccc2c3c([nH]c2c1)[C@@H](CCN1CCOCC1)NCC3. The van der Waals surface area contributed by atoms with Gasteiger partial charge in [0.1, 0.15) is 0 Å². The number of benzene rings is 1. The maximum absolute atomic E-state index is 6.13. The Morgan fingerprint density at radius 1 is 1.27 bits per heavy atom. The molecule has 1 aromatic carbocycles. The molecular weight excluding hydrogens is 298 g/mol. The summed E-state index contributed by atoms with van der Waals surface area (Å²) in [5, 5.41) is 5.79. The van der Waals surface area contributed by atoms with E-state index < -0.39 is 0 Å². The number of halogens is 1. The van der Waals surface area contributed by atoms with Gasteiger partial charge in [-0.3, -0.25) is 4.90 Å². The van der Waals surface area contributed by atoms with Gasteiger partial charge >= 0.3 is 0 Å². The summed E-state index contributed by atoms with van der Waals surface area (Å²) in [6.07, 6.45) is 2.22. The molecule has 0 saturated carbocycles. The molecule has 0 spiro atoms. The number of fused-ring (bicyclic) bond motifs is 3. The van der Waals surface area contributed by atoms with Crippen LogP contribution in [0.1, 0.15) is 23.7 Å².